The van der Waals surface area contributed by atoms with E-state index in [2.05, 4.69) is 40.1 Å². The Balaban J connectivity index is 1.27. The van der Waals surface area contributed by atoms with Crippen LogP contribution in [0.1, 0.15) is 52.0 Å². The molecule has 3 aromatic rings. The van der Waals surface area contributed by atoms with Crippen LogP contribution < -0.4 is 36.9 Å². The van der Waals surface area contributed by atoms with Crippen molar-refractivity contribution in [3.05, 3.63) is 59.8 Å². The zero-order valence-electron chi connectivity index (χ0n) is 41.0. The number of primary amides is 1. The van der Waals surface area contributed by atoms with Crippen molar-refractivity contribution in [1.29, 1.82) is 0 Å². The average Bonchev–Trinajstić information content (AvgIpc) is 3.77. The predicted molar refractivity (Wildman–Crippen MR) is 261 cm³/mol. The monoisotopic (exact) mass is 998 g/mol. The molecule has 3 heterocycles. The molecule has 20 nitrogen and oxygen atoms in total. The number of likely N-dealkylation sites (N-methyl/N-ethyl adjacent to an activating group) is 3. The van der Waals surface area contributed by atoms with Crippen molar-refractivity contribution in [3.8, 4) is 22.8 Å². The van der Waals surface area contributed by atoms with E-state index in [0.717, 1.165) is 31.9 Å². The number of nitrogens with zero attached hydrogens (tertiary/aromatic N) is 7. The van der Waals surface area contributed by atoms with Crippen molar-refractivity contribution >= 4 is 50.9 Å². The zero-order chi connectivity index (χ0) is 51.3. The summed E-state index contributed by atoms with van der Waals surface area (Å²) >= 11 is 0. The Morgan fingerprint density at radius 2 is 1.69 bits per heavy atom. The number of ether oxygens (including phenoxy) is 2. The molecule has 2 aliphatic heterocycles. The second-order valence-electron chi connectivity index (χ2n) is 18.5. The minimum atomic E-state index is -3.34. The summed E-state index contributed by atoms with van der Waals surface area (Å²) in [4.78, 5) is 82.9. The van der Waals surface area contributed by atoms with E-state index in [-0.39, 0.29) is 54.8 Å². The van der Waals surface area contributed by atoms with Gasteiger partial charge in [0.15, 0.2) is 5.82 Å². The van der Waals surface area contributed by atoms with Gasteiger partial charge in [0.1, 0.15) is 41.1 Å². The quantitative estimate of drug-likeness (QED) is 0.109. The molecule has 2 aliphatic rings. The number of nitrogens with two attached hydrogens (primary N) is 2. The van der Waals surface area contributed by atoms with Crippen LogP contribution in [0.15, 0.2) is 47.0 Å². The molecule has 5 amide bonds. The van der Waals surface area contributed by atoms with Gasteiger partial charge in [-0.15, -0.1) is 0 Å². The number of halogens is 2. The van der Waals surface area contributed by atoms with Gasteiger partial charge in [-0.3, -0.25) is 28.9 Å². The van der Waals surface area contributed by atoms with Crippen LogP contribution in [0.5, 0.6) is 11.5 Å². The normalized spacial score (nSPS) is 17.6. The standard InChI is InChI=1S/C47H68F2N12O8S/c1-29(2)42(55-44(64)38-9-8-14-61(38)46(66)37(25-40(51)62)54-41(63)27-60(6)19-18-59(5)17-16-58(4)15-13-50)45(65)57-70(7,67)28-31-21-33-24-34(22-31)69-30(3)12-20-68-39-23-32(48)10-11-35(39)43-36(49)26-52-47(53-33)56-43/h10-11,21-24,26,29-30,37-38,42H,8-9,12-20,25,27-28,50H2,1-7H3,(H2,51,62)(H,54,63)(H,55,64)(H,52,53,56)/t30-,37-,38-,42-,70?/m0/s1. The first-order valence-electron chi connectivity index (χ1n) is 23.3. The highest BCUT2D eigenvalue weighted by molar-refractivity contribution is 7.92. The van der Waals surface area contributed by atoms with Crippen LogP contribution in [-0.4, -0.2) is 174 Å². The first kappa shape index (κ1) is 55.1. The highest BCUT2D eigenvalue weighted by atomic mass is 32.2. The Morgan fingerprint density at radius 3 is 2.37 bits per heavy atom. The Hall–Kier alpha value is -5.88. The summed E-state index contributed by atoms with van der Waals surface area (Å²) in [5.41, 5.74) is 12.1. The minimum absolute atomic E-state index is 0.0140. The van der Waals surface area contributed by atoms with E-state index in [1.54, 1.807) is 50.9 Å². The number of fused-ring (bicyclic) bond motifs is 6. The molecule has 7 N–H and O–H groups in total. The number of anilines is 2. The molecule has 0 radical (unpaired) electrons. The molecule has 1 saturated heterocycles. The molecular weight excluding hydrogens is 931 g/mol. The molecule has 23 heteroatoms. The third-order valence-electron chi connectivity index (χ3n) is 11.8. The molecule has 384 valence electrons. The van der Waals surface area contributed by atoms with Crippen LogP contribution in [0, 0.1) is 17.6 Å². The molecule has 0 aliphatic carbocycles. The van der Waals surface area contributed by atoms with Crippen LogP contribution in [0.25, 0.3) is 11.3 Å². The van der Waals surface area contributed by atoms with Crippen LogP contribution in [0.4, 0.5) is 20.4 Å². The van der Waals surface area contributed by atoms with Crippen molar-refractivity contribution in [2.75, 3.05) is 91.7 Å². The lowest BCUT2D eigenvalue weighted by molar-refractivity contribution is -0.143. The molecule has 5 rings (SSSR count). The summed E-state index contributed by atoms with van der Waals surface area (Å²) in [5.74, 6) is -5.13. The Kier molecular flexibility index (Phi) is 19.9. The largest absolute Gasteiger partial charge is 0.493 e. The maximum Gasteiger partial charge on any atom is 0.276 e. The number of hydrogen-bond acceptors (Lipinski definition) is 15. The van der Waals surface area contributed by atoms with Crippen LogP contribution in [0.3, 0.4) is 0 Å². The van der Waals surface area contributed by atoms with Gasteiger partial charge in [-0.2, -0.15) is 4.36 Å². The van der Waals surface area contributed by atoms with Crippen molar-refractivity contribution in [3.63, 3.8) is 0 Å². The number of aromatic nitrogens is 2. The van der Waals surface area contributed by atoms with E-state index in [1.165, 1.54) is 23.3 Å². The molecule has 70 heavy (non-hydrogen) atoms. The molecule has 4 bridgehead atoms. The topological polar surface area (TPSA) is 260 Å². The lowest BCUT2D eigenvalue weighted by Gasteiger charge is -2.30. The van der Waals surface area contributed by atoms with Gasteiger partial charge in [0.25, 0.3) is 5.91 Å². The van der Waals surface area contributed by atoms with Gasteiger partial charge in [0, 0.05) is 81.9 Å². The molecule has 0 spiro atoms. The van der Waals surface area contributed by atoms with Gasteiger partial charge in [-0.1, -0.05) is 13.8 Å². The third kappa shape index (κ3) is 16.4. The van der Waals surface area contributed by atoms with Gasteiger partial charge in [-0.25, -0.2) is 23.0 Å². The molecule has 0 saturated carbocycles. The first-order valence-corrected chi connectivity index (χ1v) is 25.4. The van der Waals surface area contributed by atoms with E-state index in [4.69, 9.17) is 20.9 Å². The Bertz CT molecular complexity index is 2480. The highest BCUT2D eigenvalue weighted by Crippen LogP contribution is 2.34. The van der Waals surface area contributed by atoms with Crippen molar-refractivity contribution < 1.29 is 46.4 Å². The molecule has 1 aromatic heterocycles. The summed E-state index contributed by atoms with van der Waals surface area (Å²) in [6.07, 6.45) is 2.39. The summed E-state index contributed by atoms with van der Waals surface area (Å²) in [6, 6.07) is 5.03. The lowest BCUT2D eigenvalue weighted by Crippen LogP contribution is -2.57. The predicted octanol–water partition coefficient (Wildman–Crippen LogP) is 2.09. The molecule has 2 aromatic carbocycles. The van der Waals surface area contributed by atoms with Crippen LogP contribution >= 0.6 is 0 Å². The first-order chi connectivity index (χ1) is 33.1. The van der Waals surface area contributed by atoms with Gasteiger partial charge in [-0.05, 0) is 76.7 Å². The summed E-state index contributed by atoms with van der Waals surface area (Å²) in [7, 11) is 2.41. The number of hydrogen-bond donors (Lipinski definition) is 5. The Morgan fingerprint density at radius 1 is 0.986 bits per heavy atom. The second kappa shape index (κ2) is 25.3. The Labute approximate surface area is 408 Å². The zero-order valence-corrected chi connectivity index (χ0v) is 41.9. The minimum Gasteiger partial charge on any atom is -0.493 e. The number of nitrogens with one attached hydrogen (secondary N) is 3. The van der Waals surface area contributed by atoms with E-state index in [9.17, 15) is 32.6 Å². The van der Waals surface area contributed by atoms with Gasteiger partial charge in [0.05, 0.1) is 47.4 Å². The van der Waals surface area contributed by atoms with E-state index in [0.29, 0.717) is 49.5 Å². The number of likely N-dealkylation sites (tertiary alicyclic amines) is 1. The fourth-order valence-electron chi connectivity index (χ4n) is 8.01. The lowest BCUT2D eigenvalue weighted by atomic mass is 10.0. The SMILES string of the molecule is CC(C)[C@H](NC(=O)[C@@H]1CCCN1C(=O)[C@H](CC(N)=O)NC(=O)CN(C)CCN(C)CCN(C)CCN)C(=O)N=S(C)(=O)Cc1cc2cc(c1)O[C@@H](C)CCOc1cc(F)ccc1-c1nc(ncc1F)N2. The highest BCUT2D eigenvalue weighted by Gasteiger charge is 2.40. The summed E-state index contributed by atoms with van der Waals surface area (Å²) in [5, 5.41) is 8.40. The maximum absolute atomic E-state index is 15.1. The van der Waals surface area contributed by atoms with Crippen LogP contribution in [-0.2, 0) is 39.5 Å². The molecule has 1 fully saturated rings. The van der Waals surface area contributed by atoms with E-state index < -0.39 is 87.5 Å². The number of amides is 5. The maximum atomic E-state index is 15.1. The van der Waals surface area contributed by atoms with Crippen LogP contribution in [0.2, 0.25) is 0 Å². The van der Waals surface area contributed by atoms with E-state index in [1.807, 2.05) is 14.1 Å². The van der Waals surface area contributed by atoms with Crippen molar-refractivity contribution in [2.24, 2.45) is 21.7 Å². The van der Waals surface area contributed by atoms with Gasteiger partial charge < -0.3 is 51.6 Å². The van der Waals surface area contributed by atoms with E-state index >= 15 is 4.39 Å². The van der Waals surface area contributed by atoms with Gasteiger partial charge >= 0.3 is 0 Å². The molecule has 5 atom stereocenters. The number of rotatable bonds is 20. The fraction of sp³-hybridized carbons (Fsp3) is 0.553. The van der Waals surface area contributed by atoms with Crippen molar-refractivity contribution in [1.82, 2.24) is 40.2 Å². The fourth-order valence-corrected chi connectivity index (χ4v) is 9.36. The second-order valence-corrected chi connectivity index (χ2v) is 20.9. The number of carbonyl (C=O) groups excluding carboxylic acids is 5. The molecule has 1 unspecified atom stereocenters. The third-order valence-corrected chi connectivity index (χ3v) is 13.2. The summed E-state index contributed by atoms with van der Waals surface area (Å²) in [6.45, 7) is 9.59. The molecular formula is C47H68F2N12O8S. The summed E-state index contributed by atoms with van der Waals surface area (Å²) < 4.78 is 59.8. The number of carbonyl (C=O) groups is 5. The smallest absolute Gasteiger partial charge is 0.276 e. The van der Waals surface area contributed by atoms with Crippen molar-refractivity contribution in [2.45, 2.75) is 76.4 Å². The van der Waals surface area contributed by atoms with Gasteiger partial charge in [0.2, 0.25) is 29.6 Å². The average molecular weight is 999 g/mol. The number of benzene rings is 2.